The minimum absolute atomic E-state index is 0. The van der Waals surface area contributed by atoms with Crippen LogP contribution in [-0.2, 0) is 83.4 Å². The molecule has 0 radical (unpaired) electrons. The second kappa shape index (κ2) is 53.6. The van der Waals surface area contributed by atoms with Crippen LogP contribution in [0.2, 0.25) is 0 Å². The molecule has 0 saturated carbocycles. The number of rotatable bonds is 36. The van der Waals surface area contributed by atoms with Gasteiger partial charge in [-0.1, -0.05) is 97.1 Å². The quantitative estimate of drug-likeness (QED) is 0.0134. The fourth-order valence-electron chi connectivity index (χ4n) is 14.1. The van der Waals surface area contributed by atoms with E-state index in [1.165, 1.54) is 76.5 Å². The normalized spacial score (nSPS) is 15.7. The number of anilines is 4. The first-order chi connectivity index (χ1) is 65.4. The van der Waals surface area contributed by atoms with E-state index < -0.39 is 152 Å². The highest BCUT2D eigenvalue weighted by atomic mass is 35.5. The highest BCUT2D eigenvalue weighted by molar-refractivity contribution is 5.94. The molecule has 32 nitrogen and oxygen atoms in total. The Hall–Kier alpha value is -13.5. The Bertz CT molecular complexity index is 5600. The monoisotopic (exact) mass is 2000 g/mol. The summed E-state index contributed by atoms with van der Waals surface area (Å²) < 4.78 is 141. The van der Waals surface area contributed by atoms with Crippen molar-refractivity contribution in [3.63, 3.8) is 0 Å². The Morgan fingerprint density at radius 2 is 0.664 bits per heavy atom. The van der Waals surface area contributed by atoms with Crippen molar-refractivity contribution in [3.05, 3.63) is 215 Å². The number of benzene rings is 8. The molecule has 0 spiro atoms. The third kappa shape index (κ3) is 35.1. The molecule has 4 saturated heterocycles. The number of Topliss-reactive ketones (excluding diaryl/α,β-unsaturated/α-hetero) is 2. The number of cyclic esters (lactones) is 4. The van der Waals surface area contributed by atoms with Gasteiger partial charge in [0.1, 0.15) is 85.6 Å². The molecule has 4 fully saturated rings. The Morgan fingerprint density at radius 1 is 0.393 bits per heavy atom. The maximum Gasteiger partial charge on any atom is 0.414 e. The average Bonchev–Trinajstić information content (AvgIpc) is 1.61. The number of aliphatic hydroxyl groups is 2. The third-order valence-corrected chi connectivity index (χ3v) is 20.8. The van der Waals surface area contributed by atoms with Crippen molar-refractivity contribution in [3.8, 4) is 44.5 Å². The van der Waals surface area contributed by atoms with Crippen LogP contribution >= 0.6 is 24.8 Å². The van der Waals surface area contributed by atoms with Gasteiger partial charge in [0, 0.05) is 82.7 Å². The minimum Gasteiger partial charge on any atom is -0.444 e. The van der Waals surface area contributed by atoms with Gasteiger partial charge in [0.25, 0.3) is 0 Å². The molecule has 0 bridgehead atoms. The van der Waals surface area contributed by atoms with E-state index >= 15 is 8.78 Å². The molecule has 6 atom stereocenters. The van der Waals surface area contributed by atoms with Crippen molar-refractivity contribution >= 4 is 119 Å². The molecule has 8 aromatic rings. The lowest BCUT2D eigenvalue weighted by Gasteiger charge is -2.28. The van der Waals surface area contributed by atoms with Crippen LogP contribution in [0.5, 0.6) is 0 Å². The van der Waals surface area contributed by atoms with Crippen LogP contribution in [0.25, 0.3) is 44.5 Å². The number of amides is 10. The Kier molecular flexibility index (Phi) is 43.4. The van der Waals surface area contributed by atoms with Gasteiger partial charge in [-0.3, -0.25) is 53.3 Å². The summed E-state index contributed by atoms with van der Waals surface area (Å²) in [5.74, 6) is -4.26. The van der Waals surface area contributed by atoms with Gasteiger partial charge in [0.2, 0.25) is 23.6 Å². The number of ketones is 2. The fraction of sp³-hybridized carbons (Fsp3) is 0.388. The van der Waals surface area contributed by atoms with Gasteiger partial charge in [0.15, 0.2) is 11.6 Å². The number of halogens is 10. The molecule has 0 aromatic heterocycles. The van der Waals surface area contributed by atoms with Gasteiger partial charge in [-0.2, -0.15) is 0 Å². The third-order valence-electron chi connectivity index (χ3n) is 20.8. The van der Waals surface area contributed by atoms with Crippen LogP contribution < -0.4 is 51.5 Å². The van der Waals surface area contributed by atoms with E-state index in [1.807, 2.05) is 12.1 Å². The maximum atomic E-state index is 15.1. The van der Waals surface area contributed by atoms with Crippen LogP contribution in [-0.4, -0.2) is 245 Å². The Labute approximate surface area is 816 Å². The summed E-state index contributed by atoms with van der Waals surface area (Å²) in [5, 5.41) is 35.1. The number of nitrogens with zero attached hydrogens (tertiary/aromatic N) is 6. The molecule has 12 rings (SSSR count). The van der Waals surface area contributed by atoms with Gasteiger partial charge in [-0.05, 0) is 159 Å². The van der Waals surface area contributed by atoms with Crippen molar-refractivity contribution in [2.45, 2.75) is 143 Å². The largest absolute Gasteiger partial charge is 0.444 e. The lowest BCUT2D eigenvalue weighted by atomic mass is 10.0. The minimum atomic E-state index is -1.34. The summed E-state index contributed by atoms with van der Waals surface area (Å²) in [5.41, 5.74) is 6.74. The molecule has 4 heterocycles. The summed E-state index contributed by atoms with van der Waals surface area (Å²) >= 11 is 0. The van der Waals surface area contributed by atoms with Gasteiger partial charge >= 0.3 is 36.6 Å². The van der Waals surface area contributed by atoms with E-state index in [0.717, 1.165) is 16.0 Å². The van der Waals surface area contributed by atoms with E-state index in [0.29, 0.717) is 91.5 Å². The van der Waals surface area contributed by atoms with Crippen molar-refractivity contribution in [1.29, 1.82) is 0 Å². The first-order valence-corrected chi connectivity index (χ1v) is 43.9. The fourth-order valence-corrected chi connectivity index (χ4v) is 14.1. The van der Waals surface area contributed by atoms with Crippen LogP contribution in [0.4, 0.5) is 86.6 Å². The van der Waals surface area contributed by atoms with Crippen LogP contribution in [0, 0.1) is 23.3 Å². The van der Waals surface area contributed by atoms with Gasteiger partial charge in [-0.15, -0.1) is 24.8 Å². The molecule has 4 aliphatic rings. The lowest BCUT2D eigenvalue weighted by Crippen LogP contribution is -2.41. The van der Waals surface area contributed by atoms with Crippen molar-refractivity contribution < 1.29 is 131 Å². The van der Waals surface area contributed by atoms with E-state index in [-0.39, 0.29) is 134 Å². The van der Waals surface area contributed by atoms with Crippen LogP contribution in [0.15, 0.2) is 170 Å². The van der Waals surface area contributed by atoms with Gasteiger partial charge in [0.05, 0.1) is 107 Å². The van der Waals surface area contributed by atoms with E-state index in [2.05, 4.69) is 31.9 Å². The van der Waals surface area contributed by atoms with Crippen LogP contribution in [0.1, 0.15) is 91.5 Å². The zero-order valence-corrected chi connectivity index (χ0v) is 80.2. The highest BCUT2D eigenvalue weighted by Crippen LogP contribution is 2.36. The van der Waals surface area contributed by atoms with Crippen LogP contribution in [0.3, 0.4) is 0 Å². The summed E-state index contributed by atoms with van der Waals surface area (Å²) in [7, 11) is 0. The highest BCUT2D eigenvalue weighted by Gasteiger charge is 2.38. The Balaban J connectivity index is 0.000000254. The SMILES string of the molecule is CC(=O)NC[C@H]1CN(c2ccc(-c3ccc(CN(CC(=O)CF)C(=O)OC(C)(C)C)cc3)c(F)c2)C(=O)O1.CC(=O)NC[C@H]1CN(c2ccc(-c3ccc(CN(CC(O)CF)C(=O)OC(C)(C)C)cc3)c(F)c2)C(=O)O1.CC(=O)NC[C@H]1CN(c2ccc(-c3ccc(CNCC(=O)CF)cc3)c(F)c2)C(=O)O1.CC(=O)NC[C@H]1CN(c2ccc(-c3ccc(CNCC(O)CF)cc3)c(F)c2)C(=O)O1.Cl.Cl. The standard InChI is InChI=1S/C27H33F2N3O6.C27H31F2N3O6.C22H25F2N3O4.C22H23F2N3O4.2ClH/c2*1-17(33)30-13-22-16-32(26(36)37-22)20-9-10-23(24(29)11-20)19-7-5-18(6-8-19)14-31(15-21(34)12-28)25(35)38-27(2,3)4;2*1-14(28)26-12-19-13-27(22(30)31-19)17-6-7-20(21(24)8-17)16-4-2-15(3-5-16)10-25-11-18(29)9-23;;/h5-11,21-22,34H,12-16H2,1-4H3,(H,30,33);5-11,22H,12-16H2,1-4H3,(H,30,33);2-8,18-19,25,29H,9-13H2,1H3,(H,26,28);2-8,19,25H,9-13H2,1H3,(H,26,28);2*1H/t21?,22-;22-;18?,19-;19-;;/m0000../s1. The number of carbonyl (C=O) groups excluding carboxylic acids is 12. The first-order valence-electron chi connectivity index (χ1n) is 43.9. The molecule has 8 N–H and O–H groups in total. The van der Waals surface area contributed by atoms with E-state index in [4.69, 9.17) is 28.4 Å². The number of hydrogen-bond donors (Lipinski definition) is 8. The number of hydrogen-bond acceptors (Lipinski definition) is 22. The second-order valence-corrected chi connectivity index (χ2v) is 34.6. The first kappa shape index (κ1) is 113. The molecule has 2 unspecified atom stereocenters. The zero-order chi connectivity index (χ0) is 101. The van der Waals surface area contributed by atoms with Gasteiger partial charge in [-0.25, -0.2) is 63.9 Å². The molecule has 10 amide bonds. The average molecular weight is 2000 g/mol. The molecule has 8 aromatic carbocycles. The number of nitrogens with one attached hydrogen (secondary N) is 6. The van der Waals surface area contributed by atoms with E-state index in [9.17, 15) is 94.1 Å². The second-order valence-electron chi connectivity index (χ2n) is 34.6. The van der Waals surface area contributed by atoms with Gasteiger partial charge < -0.3 is 75.4 Å². The summed E-state index contributed by atoms with van der Waals surface area (Å²) in [6, 6.07) is 45.5. The number of aliphatic hydroxyl groups excluding tert-OH is 2. The number of carbonyl (C=O) groups is 12. The lowest BCUT2D eigenvalue weighted by molar-refractivity contribution is -0.121. The van der Waals surface area contributed by atoms with Crippen molar-refractivity contribution in [1.82, 2.24) is 41.7 Å². The molecular weight excluding hydrogens is 1890 g/mol. The Morgan fingerprint density at radius 3 is 0.929 bits per heavy atom. The summed E-state index contributed by atoms with van der Waals surface area (Å²) in [6.45, 7) is 13.5. The van der Waals surface area contributed by atoms with Crippen molar-refractivity contribution in [2.24, 2.45) is 0 Å². The molecule has 756 valence electrons. The smallest absolute Gasteiger partial charge is 0.414 e. The molecule has 42 heteroatoms. The van der Waals surface area contributed by atoms with Crippen molar-refractivity contribution in [2.75, 3.05) is 125 Å². The topological polar surface area (TPSA) is 392 Å². The molecule has 0 aliphatic carbocycles. The molecule has 140 heavy (non-hydrogen) atoms. The zero-order valence-electron chi connectivity index (χ0n) is 78.5. The predicted molar refractivity (Wildman–Crippen MR) is 510 cm³/mol. The summed E-state index contributed by atoms with van der Waals surface area (Å²) in [6.07, 6.45) is -8.30. The van der Waals surface area contributed by atoms with E-state index in [1.54, 1.807) is 175 Å². The predicted octanol–water partition coefficient (Wildman–Crippen LogP) is 14.1. The molecular formula is C98H114Cl2F8N12O20. The maximum absolute atomic E-state index is 15.1. The molecule has 4 aliphatic heterocycles. The number of ether oxygens (including phenoxy) is 6. The number of alkyl halides is 4. The summed E-state index contributed by atoms with van der Waals surface area (Å²) in [4.78, 5) is 148.